The van der Waals surface area contributed by atoms with Crippen molar-refractivity contribution in [3.8, 4) is 0 Å². The number of carbonyl (C=O) groups excluding carboxylic acids is 2. The Morgan fingerprint density at radius 3 is 2.62 bits per heavy atom. The summed E-state index contributed by atoms with van der Waals surface area (Å²) >= 11 is 0. The minimum atomic E-state index is -0.718. The van der Waals surface area contributed by atoms with Crippen molar-refractivity contribution in [2.75, 3.05) is 20.2 Å². The van der Waals surface area contributed by atoms with Gasteiger partial charge in [-0.15, -0.1) is 0 Å². The minimum absolute atomic E-state index is 0.0731. The molecule has 1 saturated carbocycles. The highest BCUT2D eigenvalue weighted by molar-refractivity contribution is 5.86. The van der Waals surface area contributed by atoms with Crippen LogP contribution >= 0.6 is 0 Å². The third kappa shape index (κ3) is 5.16. The van der Waals surface area contributed by atoms with Crippen LogP contribution in [0.2, 0.25) is 0 Å². The van der Waals surface area contributed by atoms with Crippen LogP contribution in [0.4, 0.5) is 0 Å². The lowest BCUT2D eigenvalue weighted by Crippen LogP contribution is -2.53. The Morgan fingerprint density at radius 2 is 2.03 bits per heavy atom. The molecule has 0 bridgehead atoms. The molecule has 0 spiro atoms. The first-order chi connectivity index (χ1) is 15.3. The van der Waals surface area contributed by atoms with Gasteiger partial charge in [0.05, 0.1) is 6.04 Å². The zero-order chi connectivity index (χ0) is 23.3. The van der Waals surface area contributed by atoms with E-state index in [0.29, 0.717) is 6.54 Å². The Kier molecular flexibility index (Phi) is 7.29. The van der Waals surface area contributed by atoms with Gasteiger partial charge in [-0.3, -0.25) is 14.4 Å². The second-order valence-electron chi connectivity index (χ2n) is 8.46. The Balaban J connectivity index is 0.000000913. The molecule has 2 atom stereocenters. The van der Waals surface area contributed by atoms with Crippen molar-refractivity contribution in [2.24, 2.45) is 5.41 Å². The van der Waals surface area contributed by atoms with Crippen molar-refractivity contribution in [3.05, 3.63) is 53.6 Å². The normalized spacial score (nSPS) is 21.3. The number of hydrogen-bond donors (Lipinski definition) is 2. The van der Waals surface area contributed by atoms with Gasteiger partial charge in [-0.05, 0) is 37.8 Å². The van der Waals surface area contributed by atoms with E-state index in [2.05, 4.69) is 14.9 Å². The van der Waals surface area contributed by atoms with Crippen molar-refractivity contribution in [3.63, 3.8) is 0 Å². The molecule has 2 heterocycles. The fraction of sp³-hybridized carbons (Fsp3) is 0.478. The molecule has 1 aliphatic carbocycles. The molecule has 32 heavy (non-hydrogen) atoms. The molecule has 0 radical (unpaired) electrons. The van der Waals surface area contributed by atoms with Gasteiger partial charge in [-0.25, -0.2) is 4.98 Å². The summed E-state index contributed by atoms with van der Waals surface area (Å²) in [5, 5.41) is 9.99. The molecule has 1 aromatic heterocycles. The van der Waals surface area contributed by atoms with E-state index in [1.807, 2.05) is 44.3 Å². The van der Waals surface area contributed by atoms with Gasteiger partial charge in [0.15, 0.2) is 6.10 Å². The summed E-state index contributed by atoms with van der Waals surface area (Å²) in [7, 11) is 1.74. The number of nitrogens with one attached hydrogen (secondary N) is 1. The van der Waals surface area contributed by atoms with E-state index < -0.39 is 12.1 Å². The molecule has 172 valence electrons. The quantitative estimate of drug-likeness (QED) is 0.658. The van der Waals surface area contributed by atoms with Crippen molar-refractivity contribution in [2.45, 2.75) is 45.4 Å². The van der Waals surface area contributed by atoms with Crippen molar-refractivity contribution >= 4 is 18.3 Å². The molecule has 4 rings (SSSR count). The number of hydrogen-bond acceptors (Lipinski definition) is 5. The van der Waals surface area contributed by atoms with Crippen molar-refractivity contribution < 1.29 is 24.2 Å². The molecule has 2 fully saturated rings. The van der Waals surface area contributed by atoms with Crippen LogP contribution in [0, 0.1) is 19.3 Å². The minimum Gasteiger partial charge on any atom is -0.483 e. The van der Waals surface area contributed by atoms with Crippen LogP contribution in [-0.2, 0) is 25.7 Å². The summed E-state index contributed by atoms with van der Waals surface area (Å²) in [6.07, 6.45) is 5.23. The van der Waals surface area contributed by atoms with E-state index in [4.69, 9.17) is 14.6 Å². The van der Waals surface area contributed by atoms with E-state index in [1.54, 1.807) is 18.1 Å². The highest BCUT2D eigenvalue weighted by atomic mass is 16.5. The maximum absolute atomic E-state index is 13.1. The van der Waals surface area contributed by atoms with Crippen LogP contribution in [0.1, 0.15) is 35.8 Å². The summed E-state index contributed by atoms with van der Waals surface area (Å²) in [5.74, 6) is 0.709. The SMILES string of the molecule is Cc1ccccc1[C@@H]1[C@@H](C(=O)NCC2(Cn3ccnc3C)CC2)OCC(=O)N1C.O=CO. The number of rotatable bonds is 6. The van der Waals surface area contributed by atoms with Crippen molar-refractivity contribution in [1.29, 1.82) is 0 Å². The Bertz CT molecular complexity index is 969. The maximum Gasteiger partial charge on any atom is 0.290 e. The van der Waals surface area contributed by atoms with Crippen LogP contribution in [0.15, 0.2) is 36.7 Å². The summed E-state index contributed by atoms with van der Waals surface area (Å²) in [6, 6.07) is 7.40. The number of benzene rings is 1. The zero-order valence-corrected chi connectivity index (χ0v) is 18.7. The number of amides is 2. The van der Waals surface area contributed by atoms with Crippen LogP contribution in [0.5, 0.6) is 0 Å². The van der Waals surface area contributed by atoms with Gasteiger partial charge >= 0.3 is 0 Å². The highest BCUT2D eigenvalue weighted by Gasteiger charge is 2.45. The smallest absolute Gasteiger partial charge is 0.290 e. The second kappa shape index (κ2) is 9.95. The number of aryl methyl sites for hydroxylation is 2. The van der Waals surface area contributed by atoms with E-state index in [9.17, 15) is 9.59 Å². The largest absolute Gasteiger partial charge is 0.483 e. The lowest BCUT2D eigenvalue weighted by atomic mass is 9.93. The average molecular weight is 443 g/mol. The van der Waals surface area contributed by atoms with Gasteiger partial charge < -0.3 is 24.6 Å². The predicted octanol–water partition coefficient (Wildman–Crippen LogP) is 1.70. The third-order valence-electron chi connectivity index (χ3n) is 6.27. The standard InChI is InChI=1S/C22H28N4O3.CH2O2/c1-15-6-4-5-7-17(15)19-20(29-12-18(27)25(19)3)21(28)24-13-22(8-9-22)14-26-11-10-23-16(26)2;2-1-3/h4-7,10-11,19-20H,8-9,12-14H2,1-3H3,(H,24,28);1H,(H,2,3)/t19-,20+;/m1./s1. The lowest BCUT2D eigenvalue weighted by Gasteiger charge is -2.39. The molecular weight excluding hydrogens is 412 g/mol. The number of morpholine rings is 1. The van der Waals surface area contributed by atoms with E-state index >= 15 is 0 Å². The molecule has 1 aliphatic heterocycles. The van der Waals surface area contributed by atoms with E-state index in [1.165, 1.54) is 0 Å². The number of imidazole rings is 1. The predicted molar refractivity (Wildman–Crippen MR) is 117 cm³/mol. The number of carboxylic acid groups (broad SMARTS) is 1. The fourth-order valence-corrected chi connectivity index (χ4v) is 4.10. The number of likely N-dealkylation sites (N-methyl/N-ethyl adjacent to an activating group) is 1. The molecule has 9 heteroatoms. The molecule has 1 aromatic carbocycles. The molecular formula is C23H30N4O5. The molecule has 2 N–H and O–H groups in total. The molecule has 2 aliphatic rings. The van der Waals surface area contributed by atoms with Crippen LogP contribution in [-0.4, -0.2) is 64.1 Å². The zero-order valence-electron chi connectivity index (χ0n) is 18.7. The molecule has 2 amide bonds. The van der Waals surface area contributed by atoms with Gasteiger partial charge in [0.2, 0.25) is 5.91 Å². The number of aromatic nitrogens is 2. The van der Waals surface area contributed by atoms with Crippen LogP contribution in [0.3, 0.4) is 0 Å². The average Bonchev–Trinajstić information content (AvgIpc) is 3.42. The summed E-state index contributed by atoms with van der Waals surface area (Å²) in [6.45, 7) is 5.11. The van der Waals surface area contributed by atoms with Gasteiger partial charge in [0.25, 0.3) is 12.4 Å². The van der Waals surface area contributed by atoms with Gasteiger partial charge in [0, 0.05) is 37.9 Å². The van der Waals surface area contributed by atoms with Crippen LogP contribution in [0.25, 0.3) is 0 Å². The number of carbonyl (C=O) groups is 3. The molecule has 2 aromatic rings. The summed E-state index contributed by atoms with van der Waals surface area (Å²) in [5.41, 5.74) is 2.06. The first kappa shape index (κ1) is 23.5. The Hall–Kier alpha value is -3.20. The number of nitrogens with zero attached hydrogens (tertiary/aromatic N) is 3. The Labute approximate surface area is 187 Å². The topological polar surface area (TPSA) is 114 Å². The molecule has 9 nitrogen and oxygen atoms in total. The monoisotopic (exact) mass is 442 g/mol. The second-order valence-corrected chi connectivity index (χ2v) is 8.46. The first-order valence-corrected chi connectivity index (χ1v) is 10.6. The lowest BCUT2D eigenvalue weighted by molar-refractivity contribution is -0.162. The first-order valence-electron chi connectivity index (χ1n) is 10.6. The highest BCUT2D eigenvalue weighted by Crippen LogP contribution is 2.46. The summed E-state index contributed by atoms with van der Waals surface area (Å²) < 4.78 is 7.87. The third-order valence-corrected chi connectivity index (χ3v) is 6.27. The maximum atomic E-state index is 13.1. The van der Waals surface area contributed by atoms with E-state index in [0.717, 1.165) is 36.3 Å². The van der Waals surface area contributed by atoms with Crippen molar-refractivity contribution in [1.82, 2.24) is 19.8 Å². The molecule has 1 saturated heterocycles. The number of ether oxygens (including phenoxy) is 1. The van der Waals surface area contributed by atoms with E-state index in [-0.39, 0.29) is 30.3 Å². The van der Waals surface area contributed by atoms with Gasteiger partial charge in [0.1, 0.15) is 12.4 Å². The Morgan fingerprint density at radius 1 is 1.34 bits per heavy atom. The fourth-order valence-electron chi connectivity index (χ4n) is 4.10. The molecule has 0 unspecified atom stereocenters. The summed E-state index contributed by atoms with van der Waals surface area (Å²) in [4.78, 5) is 39.6. The van der Waals surface area contributed by atoms with Gasteiger partial charge in [-0.1, -0.05) is 24.3 Å². The van der Waals surface area contributed by atoms with Gasteiger partial charge in [-0.2, -0.15) is 0 Å². The van der Waals surface area contributed by atoms with Crippen LogP contribution < -0.4 is 5.32 Å².